The number of esters is 1. The number of hydrogen-bond donors (Lipinski definition) is 2. The van der Waals surface area contributed by atoms with Gasteiger partial charge in [0.1, 0.15) is 19.2 Å². The number of ether oxygens (including phenoxy) is 2. The average molecular weight is 797 g/mol. The number of carbonyl (C=O) groups excluding carboxylic acids is 3. The first-order valence-corrected chi connectivity index (χ1v) is 21.2. The molecular weight excluding hydrogens is 744 g/mol. The summed E-state index contributed by atoms with van der Waals surface area (Å²) in [5.74, 6) is -1.17. The summed E-state index contributed by atoms with van der Waals surface area (Å²) in [5.41, 5.74) is 6.37. The van der Waals surface area contributed by atoms with Gasteiger partial charge >= 0.3 is 12.1 Å². The third kappa shape index (κ3) is 9.00. The van der Waals surface area contributed by atoms with Crippen molar-refractivity contribution >= 4 is 29.6 Å². The van der Waals surface area contributed by atoms with Crippen LogP contribution in [0.4, 0.5) is 4.79 Å². The molecule has 7 rings (SSSR count). The Kier molecular flexibility index (Phi) is 13.3. The van der Waals surface area contributed by atoms with Crippen molar-refractivity contribution < 1.29 is 23.9 Å². The minimum atomic E-state index is -1.44. The van der Waals surface area contributed by atoms with Crippen LogP contribution in [0, 0.1) is 5.92 Å². The quantitative estimate of drug-likeness (QED) is 0.0969. The highest BCUT2D eigenvalue weighted by atomic mass is 35.5. The number of benzene rings is 5. The number of carbonyl (C=O) groups is 3. The van der Waals surface area contributed by atoms with Crippen LogP contribution in [0.1, 0.15) is 110 Å². The van der Waals surface area contributed by atoms with Crippen molar-refractivity contribution in [3.63, 3.8) is 0 Å². The normalized spacial score (nSPS) is 16.1. The van der Waals surface area contributed by atoms with E-state index in [1.54, 1.807) is 6.07 Å². The Balaban J connectivity index is 1.09. The molecule has 58 heavy (non-hydrogen) atoms. The van der Waals surface area contributed by atoms with Gasteiger partial charge in [0.25, 0.3) is 0 Å². The molecule has 2 aliphatic carbocycles. The van der Waals surface area contributed by atoms with E-state index in [0.717, 1.165) is 46.2 Å². The number of rotatable bonds is 12. The Morgan fingerprint density at radius 3 is 1.86 bits per heavy atom. The Bertz CT molecular complexity index is 2130. The fourth-order valence-electron chi connectivity index (χ4n) is 8.76. The monoisotopic (exact) mass is 796 g/mol. The predicted molar refractivity (Wildman–Crippen MR) is 230 cm³/mol. The Morgan fingerprint density at radius 2 is 1.24 bits per heavy atom. The van der Waals surface area contributed by atoms with Gasteiger partial charge in [0, 0.05) is 27.6 Å². The molecule has 0 heterocycles. The van der Waals surface area contributed by atoms with Crippen LogP contribution in [-0.4, -0.2) is 37.2 Å². The van der Waals surface area contributed by atoms with E-state index in [-0.39, 0.29) is 25.0 Å². The summed E-state index contributed by atoms with van der Waals surface area (Å²) >= 11 is 7.00. The molecule has 1 fully saturated rings. The van der Waals surface area contributed by atoms with Crippen molar-refractivity contribution in [2.45, 2.75) is 88.7 Å². The number of fused-ring (bicyclic) bond motifs is 3. The van der Waals surface area contributed by atoms with Crippen molar-refractivity contribution in [2.75, 3.05) is 13.2 Å². The number of halogens is 1. The van der Waals surface area contributed by atoms with Gasteiger partial charge in [0.2, 0.25) is 5.91 Å². The summed E-state index contributed by atoms with van der Waals surface area (Å²) in [6, 6.07) is 40.7. The summed E-state index contributed by atoms with van der Waals surface area (Å²) < 4.78 is 12.4. The van der Waals surface area contributed by atoms with E-state index in [1.807, 2.05) is 98.8 Å². The van der Waals surface area contributed by atoms with E-state index < -0.39 is 29.6 Å². The van der Waals surface area contributed by atoms with Crippen LogP contribution < -0.4 is 10.6 Å². The fraction of sp³-hybridized carbons (Fsp3) is 0.340. The molecule has 2 amide bonds. The first-order chi connectivity index (χ1) is 28.3. The van der Waals surface area contributed by atoms with Crippen LogP contribution in [0.25, 0.3) is 11.1 Å². The van der Waals surface area contributed by atoms with Crippen LogP contribution in [0.5, 0.6) is 0 Å². The van der Waals surface area contributed by atoms with Crippen molar-refractivity contribution in [3.8, 4) is 11.1 Å². The van der Waals surface area contributed by atoms with E-state index in [9.17, 15) is 14.4 Å². The first kappa shape index (κ1) is 40.8. The van der Waals surface area contributed by atoms with Crippen LogP contribution in [0.2, 0.25) is 5.02 Å². The third-order valence-corrected chi connectivity index (χ3v) is 12.1. The molecule has 300 valence electrons. The van der Waals surface area contributed by atoms with E-state index >= 15 is 0 Å². The molecule has 1 unspecified atom stereocenters. The van der Waals surface area contributed by atoms with E-state index in [0.29, 0.717) is 16.5 Å². The zero-order valence-corrected chi connectivity index (χ0v) is 34.2. The van der Waals surface area contributed by atoms with Crippen molar-refractivity contribution in [2.24, 2.45) is 5.92 Å². The van der Waals surface area contributed by atoms with Gasteiger partial charge in [-0.05, 0) is 58.6 Å². The highest BCUT2D eigenvalue weighted by molar-refractivity contribution is 6.31. The number of hydrogen-bond acceptors (Lipinski definition) is 5. The van der Waals surface area contributed by atoms with Crippen LogP contribution in [0.3, 0.4) is 0 Å². The third-order valence-electron chi connectivity index (χ3n) is 11.8. The second-order valence-electron chi connectivity index (χ2n) is 15.9. The summed E-state index contributed by atoms with van der Waals surface area (Å²) in [6.07, 6.45) is 9.20. The molecule has 5 aromatic rings. The molecular formula is C50H53ClN2O5. The lowest BCUT2D eigenvalue weighted by Crippen LogP contribution is -2.51. The lowest BCUT2D eigenvalue weighted by molar-refractivity contribution is -0.158. The molecule has 0 bridgehead atoms. The second-order valence-corrected chi connectivity index (χ2v) is 16.3. The van der Waals surface area contributed by atoms with Gasteiger partial charge in [0.05, 0.1) is 0 Å². The van der Waals surface area contributed by atoms with Crippen LogP contribution >= 0.6 is 11.6 Å². The van der Waals surface area contributed by atoms with E-state index in [1.165, 1.54) is 44.1 Å². The molecule has 1 saturated carbocycles. The van der Waals surface area contributed by atoms with E-state index in [2.05, 4.69) is 47.0 Å². The standard InChI is InChI=1S/C50H53ClN2O5/c1-34(2)47(53-46(54)32-52-49(56)57-33-43-41-24-14-12-22-39(41)40-23-13-15-25-42(40)43)48(55)58-50(37-20-10-7-11-21-37,44-26-16-17-27-45(44)51)38-30-28-36(29-31-38)35-18-8-5-3-4-6-9-19-35/h7,10-17,20-31,34-35,43,47H,3-6,8-9,18-19,32-33H2,1-2H3,(H,52,56)(H,53,54)/t47-,50?/m0/s1. The van der Waals surface area contributed by atoms with Crippen molar-refractivity contribution in [3.05, 3.63) is 166 Å². The van der Waals surface area contributed by atoms with Gasteiger partial charge < -0.3 is 20.1 Å². The minimum absolute atomic E-state index is 0.114. The molecule has 2 N–H and O–H groups in total. The first-order valence-electron chi connectivity index (χ1n) is 20.8. The maximum atomic E-state index is 14.6. The van der Waals surface area contributed by atoms with Gasteiger partial charge in [-0.2, -0.15) is 0 Å². The minimum Gasteiger partial charge on any atom is -0.449 e. The number of amides is 2. The highest BCUT2D eigenvalue weighted by Gasteiger charge is 2.44. The molecule has 0 radical (unpaired) electrons. The summed E-state index contributed by atoms with van der Waals surface area (Å²) in [5, 5.41) is 5.85. The molecule has 0 aromatic heterocycles. The molecule has 0 saturated heterocycles. The summed E-state index contributed by atoms with van der Waals surface area (Å²) in [7, 11) is 0. The van der Waals surface area contributed by atoms with Gasteiger partial charge in [-0.25, -0.2) is 9.59 Å². The van der Waals surface area contributed by atoms with Crippen LogP contribution in [-0.2, 0) is 24.7 Å². The SMILES string of the molecule is CC(C)[C@H](NC(=O)CNC(=O)OCC1c2ccccc2-c2ccccc21)C(=O)OC(c1ccccc1)(c1ccc(C2CCCCCCCC2)cc1)c1ccccc1Cl. The van der Waals surface area contributed by atoms with Gasteiger partial charge in [-0.3, -0.25) is 4.79 Å². The zero-order valence-electron chi connectivity index (χ0n) is 33.4. The molecule has 5 aromatic carbocycles. The summed E-state index contributed by atoms with van der Waals surface area (Å²) in [4.78, 5) is 40.9. The molecule has 0 spiro atoms. The van der Waals surface area contributed by atoms with Gasteiger partial charge in [-0.1, -0.05) is 185 Å². The van der Waals surface area contributed by atoms with Crippen molar-refractivity contribution in [1.29, 1.82) is 0 Å². The molecule has 2 aliphatic rings. The maximum absolute atomic E-state index is 14.6. The predicted octanol–water partition coefficient (Wildman–Crippen LogP) is 11.1. The molecule has 7 nitrogen and oxygen atoms in total. The van der Waals surface area contributed by atoms with Crippen molar-refractivity contribution in [1.82, 2.24) is 10.6 Å². The molecule has 8 heteroatoms. The summed E-state index contributed by atoms with van der Waals surface area (Å²) in [6.45, 7) is 3.42. The maximum Gasteiger partial charge on any atom is 0.407 e. The number of alkyl carbamates (subject to hydrolysis) is 1. The molecule has 2 atom stereocenters. The lowest BCUT2D eigenvalue weighted by atomic mass is 9.78. The number of nitrogens with one attached hydrogen (secondary N) is 2. The lowest BCUT2D eigenvalue weighted by Gasteiger charge is -2.37. The Hall–Kier alpha value is -5.40. The average Bonchev–Trinajstić information content (AvgIpc) is 3.64. The fourth-order valence-corrected chi connectivity index (χ4v) is 9.03. The Labute approximate surface area is 347 Å². The Morgan fingerprint density at radius 1 is 0.690 bits per heavy atom. The smallest absolute Gasteiger partial charge is 0.407 e. The molecule has 0 aliphatic heterocycles. The van der Waals surface area contributed by atoms with Gasteiger partial charge in [-0.15, -0.1) is 0 Å². The topological polar surface area (TPSA) is 93.7 Å². The largest absolute Gasteiger partial charge is 0.449 e. The highest BCUT2D eigenvalue weighted by Crippen LogP contribution is 2.46. The van der Waals surface area contributed by atoms with Gasteiger partial charge in [0.15, 0.2) is 5.60 Å². The van der Waals surface area contributed by atoms with E-state index in [4.69, 9.17) is 21.1 Å². The van der Waals surface area contributed by atoms with Crippen LogP contribution in [0.15, 0.2) is 127 Å². The zero-order chi connectivity index (χ0) is 40.5. The second kappa shape index (κ2) is 18.9.